The van der Waals surface area contributed by atoms with Crippen molar-refractivity contribution in [1.82, 2.24) is 5.32 Å². The lowest BCUT2D eigenvalue weighted by molar-refractivity contribution is -0.121. The summed E-state index contributed by atoms with van der Waals surface area (Å²) in [4.78, 5) is 23.4. The SMILES string of the molecule is CC(CC[C@H](O)C(Cc1ccccc1)NC(=O)O[C@H]1CCOC1)C(N)=O. The number of rotatable bonds is 9. The van der Waals surface area contributed by atoms with Crippen LogP contribution >= 0.6 is 0 Å². The molecule has 7 nitrogen and oxygen atoms in total. The minimum absolute atomic E-state index is 0.251. The van der Waals surface area contributed by atoms with Crippen molar-refractivity contribution in [2.75, 3.05) is 13.2 Å². The molecule has 0 bridgehead atoms. The molecule has 1 heterocycles. The van der Waals surface area contributed by atoms with Gasteiger partial charge in [-0.1, -0.05) is 37.3 Å². The zero-order valence-corrected chi connectivity index (χ0v) is 15.1. The number of aliphatic hydroxyl groups is 1. The molecular formula is C19H28N2O5. The fraction of sp³-hybridized carbons (Fsp3) is 0.579. The van der Waals surface area contributed by atoms with Crippen LogP contribution in [0, 0.1) is 5.92 Å². The van der Waals surface area contributed by atoms with E-state index in [4.69, 9.17) is 15.2 Å². The van der Waals surface area contributed by atoms with Crippen LogP contribution in [0.1, 0.15) is 31.7 Å². The monoisotopic (exact) mass is 364 g/mol. The molecule has 2 amide bonds. The third kappa shape index (κ3) is 6.65. The zero-order chi connectivity index (χ0) is 18.9. The van der Waals surface area contributed by atoms with Gasteiger partial charge in [0, 0.05) is 12.3 Å². The number of carbonyl (C=O) groups excluding carboxylic acids is 2. The summed E-state index contributed by atoms with van der Waals surface area (Å²) in [5, 5.41) is 13.3. The van der Waals surface area contributed by atoms with Crippen molar-refractivity contribution < 1.29 is 24.2 Å². The first-order chi connectivity index (χ1) is 12.5. The number of ether oxygens (including phenoxy) is 2. The first kappa shape index (κ1) is 20.2. The van der Waals surface area contributed by atoms with Crippen LogP contribution in [-0.2, 0) is 20.7 Å². The Kier molecular flexibility index (Phi) is 7.87. The van der Waals surface area contributed by atoms with Crippen LogP contribution in [0.4, 0.5) is 4.79 Å². The molecule has 7 heteroatoms. The number of nitrogens with two attached hydrogens (primary N) is 1. The molecule has 1 aliphatic rings. The van der Waals surface area contributed by atoms with Crippen LogP contribution in [0.2, 0.25) is 0 Å². The number of nitrogens with one attached hydrogen (secondary N) is 1. The van der Waals surface area contributed by atoms with Gasteiger partial charge in [0.15, 0.2) is 0 Å². The Morgan fingerprint density at radius 1 is 1.35 bits per heavy atom. The van der Waals surface area contributed by atoms with E-state index in [2.05, 4.69) is 5.32 Å². The molecule has 144 valence electrons. The molecule has 1 aromatic rings. The molecule has 1 aromatic carbocycles. The second-order valence-corrected chi connectivity index (χ2v) is 6.78. The van der Waals surface area contributed by atoms with Crippen LogP contribution < -0.4 is 11.1 Å². The van der Waals surface area contributed by atoms with Gasteiger partial charge in [-0.2, -0.15) is 0 Å². The van der Waals surface area contributed by atoms with Gasteiger partial charge in [-0.3, -0.25) is 4.79 Å². The summed E-state index contributed by atoms with van der Waals surface area (Å²) in [5.74, 6) is -0.727. The molecule has 2 unspecified atom stereocenters. The lowest BCUT2D eigenvalue weighted by Gasteiger charge is -2.25. The first-order valence-corrected chi connectivity index (χ1v) is 9.02. The highest BCUT2D eigenvalue weighted by atomic mass is 16.6. The molecule has 0 spiro atoms. The predicted octanol–water partition coefficient (Wildman–Crippen LogP) is 1.38. The number of hydrogen-bond donors (Lipinski definition) is 3. The summed E-state index contributed by atoms with van der Waals surface area (Å²) in [5.41, 5.74) is 6.26. The molecule has 26 heavy (non-hydrogen) atoms. The standard InChI is InChI=1S/C19H28N2O5/c1-13(18(20)23)7-8-17(22)16(11-14-5-3-2-4-6-14)21-19(24)26-15-9-10-25-12-15/h2-6,13,15-17,22H,7-12H2,1H3,(H2,20,23)(H,21,24)/t13?,15-,16?,17-/m0/s1. The van der Waals surface area contributed by atoms with Gasteiger partial charge in [-0.05, 0) is 24.8 Å². The maximum atomic E-state index is 12.2. The highest BCUT2D eigenvalue weighted by Gasteiger charge is 2.26. The lowest BCUT2D eigenvalue weighted by atomic mass is 9.95. The number of aliphatic hydroxyl groups excluding tert-OH is 1. The Morgan fingerprint density at radius 2 is 2.08 bits per heavy atom. The predicted molar refractivity (Wildman–Crippen MR) is 96.4 cm³/mol. The van der Waals surface area contributed by atoms with Crippen LogP contribution in [0.5, 0.6) is 0 Å². The Hall–Kier alpha value is -2.12. The number of hydrogen-bond acceptors (Lipinski definition) is 5. The summed E-state index contributed by atoms with van der Waals surface area (Å²) < 4.78 is 10.5. The van der Waals surface area contributed by atoms with Gasteiger partial charge in [0.1, 0.15) is 6.10 Å². The second kappa shape index (κ2) is 10.1. The number of carbonyl (C=O) groups is 2. The van der Waals surface area contributed by atoms with E-state index in [9.17, 15) is 14.7 Å². The molecule has 0 saturated carbocycles. The van der Waals surface area contributed by atoms with E-state index in [-0.39, 0.29) is 12.0 Å². The molecule has 1 aliphatic heterocycles. The molecule has 2 rings (SSSR count). The minimum atomic E-state index is -0.815. The van der Waals surface area contributed by atoms with E-state index in [0.29, 0.717) is 38.9 Å². The van der Waals surface area contributed by atoms with Gasteiger partial charge < -0.3 is 25.6 Å². The number of primary amides is 1. The zero-order valence-electron chi connectivity index (χ0n) is 15.1. The molecule has 1 fully saturated rings. The van der Waals surface area contributed by atoms with Gasteiger partial charge in [0.05, 0.1) is 25.4 Å². The van der Waals surface area contributed by atoms with Gasteiger partial charge >= 0.3 is 6.09 Å². The maximum Gasteiger partial charge on any atom is 0.407 e. The molecular weight excluding hydrogens is 336 g/mol. The van der Waals surface area contributed by atoms with Gasteiger partial charge in [0.25, 0.3) is 0 Å². The Bertz CT molecular complexity index is 575. The van der Waals surface area contributed by atoms with Crippen molar-refractivity contribution >= 4 is 12.0 Å². The van der Waals surface area contributed by atoms with Crippen molar-refractivity contribution in [3.05, 3.63) is 35.9 Å². The van der Waals surface area contributed by atoms with E-state index < -0.39 is 24.1 Å². The number of amides is 2. The molecule has 0 radical (unpaired) electrons. The van der Waals surface area contributed by atoms with Crippen LogP contribution in [-0.4, -0.2) is 48.6 Å². The highest BCUT2D eigenvalue weighted by molar-refractivity contribution is 5.76. The van der Waals surface area contributed by atoms with E-state index in [1.807, 2.05) is 30.3 Å². The smallest absolute Gasteiger partial charge is 0.407 e. The topological polar surface area (TPSA) is 111 Å². The van der Waals surface area contributed by atoms with Crippen molar-refractivity contribution in [2.45, 2.75) is 50.9 Å². The van der Waals surface area contributed by atoms with Gasteiger partial charge in [-0.15, -0.1) is 0 Å². The fourth-order valence-electron chi connectivity index (χ4n) is 2.86. The van der Waals surface area contributed by atoms with Gasteiger partial charge in [0.2, 0.25) is 5.91 Å². The molecule has 4 N–H and O–H groups in total. The van der Waals surface area contributed by atoms with Crippen LogP contribution in [0.15, 0.2) is 30.3 Å². The van der Waals surface area contributed by atoms with Crippen molar-refractivity contribution in [3.8, 4) is 0 Å². The maximum absolute atomic E-state index is 12.2. The highest BCUT2D eigenvalue weighted by Crippen LogP contribution is 2.15. The average molecular weight is 364 g/mol. The molecule has 1 saturated heterocycles. The Balaban J connectivity index is 1.95. The summed E-state index contributed by atoms with van der Waals surface area (Å²) in [7, 11) is 0. The van der Waals surface area contributed by atoms with Gasteiger partial charge in [-0.25, -0.2) is 4.79 Å². The summed E-state index contributed by atoms with van der Waals surface area (Å²) in [6.45, 7) is 2.71. The molecule has 0 aromatic heterocycles. The van der Waals surface area contributed by atoms with Crippen molar-refractivity contribution in [3.63, 3.8) is 0 Å². The Morgan fingerprint density at radius 3 is 2.69 bits per heavy atom. The summed E-state index contributed by atoms with van der Waals surface area (Å²) in [6.07, 6.45) is 0.314. The number of benzene rings is 1. The van der Waals surface area contributed by atoms with Crippen LogP contribution in [0.3, 0.4) is 0 Å². The average Bonchev–Trinajstić information content (AvgIpc) is 3.12. The van der Waals surface area contributed by atoms with E-state index >= 15 is 0 Å². The van der Waals surface area contributed by atoms with Crippen molar-refractivity contribution in [2.24, 2.45) is 11.7 Å². The van der Waals surface area contributed by atoms with E-state index in [0.717, 1.165) is 5.56 Å². The van der Waals surface area contributed by atoms with Crippen LogP contribution in [0.25, 0.3) is 0 Å². The normalized spacial score (nSPS) is 20.2. The molecule has 4 atom stereocenters. The second-order valence-electron chi connectivity index (χ2n) is 6.78. The van der Waals surface area contributed by atoms with Crippen molar-refractivity contribution in [1.29, 1.82) is 0 Å². The summed E-state index contributed by atoms with van der Waals surface area (Å²) in [6, 6.07) is 9.06. The largest absolute Gasteiger partial charge is 0.444 e. The third-order valence-corrected chi connectivity index (χ3v) is 4.61. The first-order valence-electron chi connectivity index (χ1n) is 9.02. The number of alkyl carbamates (subject to hydrolysis) is 1. The Labute approximate surface area is 153 Å². The third-order valence-electron chi connectivity index (χ3n) is 4.61. The quantitative estimate of drug-likeness (QED) is 0.613. The molecule has 0 aliphatic carbocycles. The minimum Gasteiger partial charge on any atom is -0.444 e. The van der Waals surface area contributed by atoms with E-state index in [1.54, 1.807) is 6.92 Å². The summed E-state index contributed by atoms with van der Waals surface area (Å²) >= 11 is 0. The fourth-order valence-corrected chi connectivity index (χ4v) is 2.86. The van der Waals surface area contributed by atoms with E-state index in [1.165, 1.54) is 0 Å². The lowest BCUT2D eigenvalue weighted by Crippen LogP contribution is -2.46.